The van der Waals surface area contributed by atoms with Crippen LogP contribution in [0, 0.1) is 13.8 Å². The van der Waals surface area contributed by atoms with Crippen LogP contribution >= 0.6 is 0 Å². The van der Waals surface area contributed by atoms with E-state index >= 15 is 0 Å². The molecule has 102 valence electrons. The van der Waals surface area contributed by atoms with E-state index in [4.69, 9.17) is 4.52 Å². The van der Waals surface area contributed by atoms with E-state index < -0.39 is 0 Å². The molecule has 0 saturated carbocycles. The van der Waals surface area contributed by atoms with Crippen LogP contribution in [0.5, 0.6) is 0 Å². The van der Waals surface area contributed by atoms with Gasteiger partial charge in [0.1, 0.15) is 11.5 Å². The fourth-order valence-electron chi connectivity index (χ4n) is 2.19. The monoisotopic (exact) mass is 269 g/mol. The second kappa shape index (κ2) is 4.85. The summed E-state index contributed by atoms with van der Waals surface area (Å²) in [5, 5.41) is 7.58. The average molecular weight is 269 g/mol. The molecule has 0 saturated heterocycles. The second-order valence-electron chi connectivity index (χ2n) is 4.81. The molecule has 0 unspecified atom stereocenters. The fraction of sp³-hybridized carbons (Fsp3) is 0.200. The number of rotatable bonds is 3. The Morgan fingerprint density at radius 1 is 1.40 bits per heavy atom. The molecule has 0 atom stereocenters. The molecule has 1 amide bonds. The largest absolute Gasteiger partial charge is 0.361 e. The zero-order valence-corrected chi connectivity index (χ0v) is 11.4. The van der Waals surface area contributed by atoms with Crippen LogP contribution in [0.25, 0.3) is 10.9 Å². The van der Waals surface area contributed by atoms with Crippen molar-refractivity contribution in [2.24, 2.45) is 0 Å². The quantitative estimate of drug-likeness (QED) is 0.768. The number of carbonyl (C=O) groups is 1. The van der Waals surface area contributed by atoms with Gasteiger partial charge in [-0.15, -0.1) is 0 Å². The molecule has 2 aromatic heterocycles. The van der Waals surface area contributed by atoms with E-state index in [9.17, 15) is 4.79 Å². The zero-order chi connectivity index (χ0) is 14.1. The Balaban J connectivity index is 1.79. The van der Waals surface area contributed by atoms with E-state index in [1.54, 1.807) is 6.20 Å². The molecular weight excluding hydrogens is 254 g/mol. The molecule has 0 spiro atoms. The van der Waals surface area contributed by atoms with Crippen LogP contribution in [-0.2, 0) is 6.54 Å². The number of benzene rings is 1. The van der Waals surface area contributed by atoms with E-state index in [1.165, 1.54) is 0 Å². The van der Waals surface area contributed by atoms with E-state index in [-0.39, 0.29) is 5.91 Å². The third kappa shape index (κ3) is 2.18. The van der Waals surface area contributed by atoms with Crippen molar-refractivity contribution in [1.82, 2.24) is 15.5 Å². The Hall–Kier alpha value is -2.56. The van der Waals surface area contributed by atoms with Crippen molar-refractivity contribution in [2.45, 2.75) is 20.4 Å². The predicted molar refractivity (Wildman–Crippen MR) is 75.4 cm³/mol. The minimum absolute atomic E-state index is 0.138. The van der Waals surface area contributed by atoms with Crippen LogP contribution in [0.2, 0.25) is 0 Å². The van der Waals surface area contributed by atoms with Crippen molar-refractivity contribution in [2.75, 3.05) is 0 Å². The number of nitrogens with zero attached hydrogens (tertiary/aromatic N) is 1. The number of carbonyl (C=O) groups excluding carboxylic acids is 1. The molecule has 2 N–H and O–H groups in total. The van der Waals surface area contributed by atoms with E-state index in [2.05, 4.69) is 15.5 Å². The number of fused-ring (bicyclic) bond motifs is 1. The highest BCUT2D eigenvalue weighted by Gasteiger charge is 2.11. The lowest BCUT2D eigenvalue weighted by Gasteiger charge is -2.01. The van der Waals surface area contributed by atoms with Gasteiger partial charge in [0, 0.05) is 23.0 Å². The number of hydrogen-bond donors (Lipinski definition) is 2. The number of nitrogens with one attached hydrogen (secondary N) is 2. The Morgan fingerprint density at radius 3 is 2.95 bits per heavy atom. The summed E-state index contributed by atoms with van der Waals surface area (Å²) in [6, 6.07) is 7.84. The van der Waals surface area contributed by atoms with Gasteiger partial charge in [-0.05, 0) is 25.5 Å². The van der Waals surface area contributed by atoms with E-state index in [0.717, 1.165) is 27.8 Å². The third-order valence-corrected chi connectivity index (χ3v) is 3.40. The first kappa shape index (κ1) is 12.5. The van der Waals surface area contributed by atoms with Crippen molar-refractivity contribution < 1.29 is 9.32 Å². The van der Waals surface area contributed by atoms with Crippen LogP contribution in [-0.4, -0.2) is 16.0 Å². The summed E-state index contributed by atoms with van der Waals surface area (Å²) >= 11 is 0. The summed E-state index contributed by atoms with van der Waals surface area (Å²) in [6.45, 7) is 4.24. The summed E-state index contributed by atoms with van der Waals surface area (Å²) < 4.78 is 4.96. The van der Waals surface area contributed by atoms with E-state index in [0.29, 0.717) is 12.2 Å². The maximum absolute atomic E-state index is 12.1. The Bertz CT molecular complexity index is 770. The van der Waals surface area contributed by atoms with Crippen LogP contribution < -0.4 is 5.32 Å². The molecule has 3 rings (SSSR count). The zero-order valence-electron chi connectivity index (χ0n) is 11.4. The lowest BCUT2D eigenvalue weighted by Crippen LogP contribution is -2.23. The van der Waals surface area contributed by atoms with Gasteiger partial charge in [0.05, 0.1) is 6.20 Å². The average Bonchev–Trinajstić information content (AvgIpc) is 3.03. The Kier molecular flexibility index (Phi) is 3.02. The highest BCUT2D eigenvalue weighted by Crippen LogP contribution is 2.18. The van der Waals surface area contributed by atoms with Crippen molar-refractivity contribution in [1.29, 1.82) is 0 Å². The van der Waals surface area contributed by atoms with Crippen LogP contribution in [0.1, 0.15) is 27.4 Å². The topological polar surface area (TPSA) is 70.9 Å². The third-order valence-electron chi connectivity index (χ3n) is 3.40. The van der Waals surface area contributed by atoms with Crippen LogP contribution in [0.15, 0.2) is 35.0 Å². The number of amides is 1. The number of hydrogen-bond acceptors (Lipinski definition) is 3. The summed E-state index contributed by atoms with van der Waals surface area (Å²) in [5.41, 5.74) is 3.56. The Labute approximate surface area is 116 Å². The molecule has 5 heteroatoms. The molecular formula is C15H15N3O2. The minimum atomic E-state index is -0.138. The SMILES string of the molecule is Cc1oncc1CNC(=O)c1cc2cccc(C)c2[nH]1. The van der Waals surface area contributed by atoms with Crippen LogP contribution in [0.4, 0.5) is 0 Å². The van der Waals surface area contributed by atoms with Gasteiger partial charge in [-0.1, -0.05) is 23.4 Å². The summed E-state index contributed by atoms with van der Waals surface area (Å²) in [6.07, 6.45) is 1.62. The molecule has 0 aliphatic carbocycles. The number of aryl methyl sites for hydroxylation is 2. The molecule has 0 fully saturated rings. The number of aromatic nitrogens is 2. The second-order valence-corrected chi connectivity index (χ2v) is 4.81. The number of aromatic amines is 1. The van der Waals surface area contributed by atoms with Crippen molar-refractivity contribution in [3.63, 3.8) is 0 Å². The number of para-hydroxylation sites is 1. The molecule has 0 aliphatic heterocycles. The maximum atomic E-state index is 12.1. The first-order valence-corrected chi connectivity index (χ1v) is 6.42. The summed E-state index contributed by atoms with van der Waals surface area (Å²) in [5.74, 6) is 0.582. The standard InChI is InChI=1S/C15H15N3O2/c1-9-4-3-5-11-6-13(18-14(9)11)15(19)16-7-12-8-17-20-10(12)2/h3-6,8,18H,7H2,1-2H3,(H,16,19). The van der Waals surface area contributed by atoms with Gasteiger partial charge in [-0.2, -0.15) is 0 Å². The van der Waals surface area contributed by atoms with Gasteiger partial charge >= 0.3 is 0 Å². The first-order chi connectivity index (χ1) is 9.65. The molecule has 3 aromatic rings. The van der Waals surface area contributed by atoms with Gasteiger partial charge in [0.15, 0.2) is 0 Å². The fourth-order valence-corrected chi connectivity index (χ4v) is 2.19. The normalized spacial score (nSPS) is 10.9. The molecule has 0 aliphatic rings. The van der Waals surface area contributed by atoms with Gasteiger partial charge < -0.3 is 14.8 Å². The molecule has 0 bridgehead atoms. The highest BCUT2D eigenvalue weighted by molar-refractivity contribution is 5.98. The van der Waals surface area contributed by atoms with Gasteiger partial charge in [0.25, 0.3) is 5.91 Å². The molecule has 20 heavy (non-hydrogen) atoms. The minimum Gasteiger partial charge on any atom is -0.361 e. The van der Waals surface area contributed by atoms with Crippen molar-refractivity contribution in [3.05, 3.63) is 53.0 Å². The lowest BCUT2D eigenvalue weighted by molar-refractivity contribution is 0.0946. The molecule has 0 radical (unpaired) electrons. The first-order valence-electron chi connectivity index (χ1n) is 6.42. The van der Waals surface area contributed by atoms with Crippen LogP contribution in [0.3, 0.4) is 0 Å². The van der Waals surface area contributed by atoms with E-state index in [1.807, 2.05) is 38.1 Å². The number of H-pyrrole nitrogens is 1. The molecule has 2 heterocycles. The smallest absolute Gasteiger partial charge is 0.267 e. The molecule has 1 aromatic carbocycles. The predicted octanol–water partition coefficient (Wildman–Crippen LogP) is 2.70. The lowest BCUT2D eigenvalue weighted by atomic mass is 10.2. The summed E-state index contributed by atoms with van der Waals surface area (Å²) in [7, 11) is 0. The van der Waals surface area contributed by atoms with Gasteiger partial charge in [0.2, 0.25) is 0 Å². The maximum Gasteiger partial charge on any atom is 0.267 e. The summed E-state index contributed by atoms with van der Waals surface area (Å²) in [4.78, 5) is 15.3. The van der Waals surface area contributed by atoms with Gasteiger partial charge in [-0.25, -0.2) is 0 Å². The van der Waals surface area contributed by atoms with Gasteiger partial charge in [-0.3, -0.25) is 4.79 Å². The van der Waals surface area contributed by atoms with Crippen molar-refractivity contribution in [3.8, 4) is 0 Å². The molecule has 5 nitrogen and oxygen atoms in total. The Morgan fingerprint density at radius 2 is 2.25 bits per heavy atom. The van der Waals surface area contributed by atoms with Crippen molar-refractivity contribution >= 4 is 16.8 Å². The highest BCUT2D eigenvalue weighted by atomic mass is 16.5.